The SMILES string of the molecule is COc1cccc(CCNC(=O)Oc2cnn(-c3ccccc3)c2C(F)(F)F)c1. The molecule has 0 radical (unpaired) electrons. The van der Waals surface area contributed by atoms with Crippen molar-refractivity contribution < 1.29 is 27.4 Å². The van der Waals surface area contributed by atoms with Gasteiger partial charge in [-0.25, -0.2) is 9.48 Å². The molecule has 6 nitrogen and oxygen atoms in total. The minimum absolute atomic E-state index is 0.181. The molecule has 0 aliphatic rings. The van der Waals surface area contributed by atoms with Crippen molar-refractivity contribution in [3.8, 4) is 17.2 Å². The molecule has 1 N–H and O–H groups in total. The number of amides is 1. The zero-order chi connectivity index (χ0) is 20.9. The van der Waals surface area contributed by atoms with E-state index in [2.05, 4.69) is 10.4 Å². The first kappa shape index (κ1) is 20.2. The molecule has 2 aromatic carbocycles. The smallest absolute Gasteiger partial charge is 0.437 e. The number of carbonyl (C=O) groups excluding carboxylic acids is 1. The van der Waals surface area contributed by atoms with E-state index in [1.807, 2.05) is 6.07 Å². The molecule has 0 fully saturated rings. The number of aromatic nitrogens is 2. The van der Waals surface area contributed by atoms with Crippen LogP contribution in [0.1, 0.15) is 11.3 Å². The lowest BCUT2D eigenvalue weighted by Crippen LogP contribution is -2.29. The molecule has 0 atom stereocenters. The zero-order valence-electron chi connectivity index (χ0n) is 15.4. The molecule has 3 rings (SSSR count). The number of para-hydroxylation sites is 1. The number of nitrogens with one attached hydrogen (secondary N) is 1. The van der Waals surface area contributed by atoms with Crippen LogP contribution in [-0.2, 0) is 12.6 Å². The van der Waals surface area contributed by atoms with Crippen molar-refractivity contribution in [2.75, 3.05) is 13.7 Å². The van der Waals surface area contributed by atoms with Gasteiger partial charge in [0.25, 0.3) is 0 Å². The number of hydrogen-bond acceptors (Lipinski definition) is 4. The van der Waals surface area contributed by atoms with Crippen molar-refractivity contribution in [2.45, 2.75) is 12.6 Å². The highest BCUT2D eigenvalue weighted by molar-refractivity contribution is 5.70. The molecule has 0 aliphatic heterocycles. The van der Waals surface area contributed by atoms with Gasteiger partial charge in [0.05, 0.1) is 19.0 Å². The van der Waals surface area contributed by atoms with Crippen LogP contribution in [0, 0.1) is 0 Å². The van der Waals surface area contributed by atoms with Crippen LogP contribution in [0.3, 0.4) is 0 Å². The average molecular weight is 405 g/mol. The third kappa shape index (κ3) is 5.07. The Kier molecular flexibility index (Phi) is 6.06. The van der Waals surface area contributed by atoms with E-state index in [9.17, 15) is 18.0 Å². The van der Waals surface area contributed by atoms with Gasteiger partial charge in [0.2, 0.25) is 0 Å². The molecule has 3 aromatic rings. The highest BCUT2D eigenvalue weighted by Crippen LogP contribution is 2.37. The number of benzene rings is 2. The summed E-state index contributed by atoms with van der Waals surface area (Å²) < 4.78 is 51.3. The molecule has 0 saturated carbocycles. The summed E-state index contributed by atoms with van der Waals surface area (Å²) in [5.41, 5.74) is -0.0581. The molecule has 0 bridgehead atoms. The fourth-order valence-electron chi connectivity index (χ4n) is 2.71. The summed E-state index contributed by atoms with van der Waals surface area (Å²) in [6.07, 6.45) is -4.42. The molecule has 9 heteroatoms. The lowest BCUT2D eigenvalue weighted by Gasteiger charge is -2.13. The Hall–Kier alpha value is -3.49. The van der Waals surface area contributed by atoms with Gasteiger partial charge in [-0.2, -0.15) is 18.3 Å². The second kappa shape index (κ2) is 8.68. The van der Waals surface area contributed by atoms with Crippen molar-refractivity contribution in [1.82, 2.24) is 15.1 Å². The van der Waals surface area contributed by atoms with Crippen LogP contribution in [0.4, 0.5) is 18.0 Å². The van der Waals surface area contributed by atoms with Gasteiger partial charge in [0.15, 0.2) is 11.4 Å². The molecule has 0 spiro atoms. The number of halogens is 3. The standard InChI is InChI=1S/C20H18F3N3O3/c1-28-16-9-5-6-14(12-16)10-11-24-19(27)29-17-13-25-26(18(17)20(21,22)23)15-7-3-2-4-8-15/h2-9,12-13H,10-11H2,1H3,(H,24,27). The Balaban J connectivity index is 1.68. The molecule has 29 heavy (non-hydrogen) atoms. The summed E-state index contributed by atoms with van der Waals surface area (Å²) in [6.45, 7) is 0.181. The second-order valence-electron chi connectivity index (χ2n) is 6.02. The second-order valence-corrected chi connectivity index (χ2v) is 6.02. The minimum Gasteiger partial charge on any atom is -0.497 e. The summed E-state index contributed by atoms with van der Waals surface area (Å²) in [7, 11) is 1.54. The highest BCUT2D eigenvalue weighted by atomic mass is 19.4. The van der Waals surface area contributed by atoms with Gasteiger partial charge in [-0.3, -0.25) is 0 Å². The Morgan fingerprint density at radius 3 is 2.59 bits per heavy atom. The number of rotatable bonds is 6. The number of carbonyl (C=O) groups is 1. The lowest BCUT2D eigenvalue weighted by molar-refractivity contribution is -0.143. The summed E-state index contributed by atoms with van der Waals surface area (Å²) >= 11 is 0. The van der Waals surface area contributed by atoms with Crippen molar-refractivity contribution in [2.24, 2.45) is 0 Å². The van der Waals surface area contributed by atoms with E-state index >= 15 is 0 Å². The first-order valence-electron chi connectivity index (χ1n) is 8.67. The monoisotopic (exact) mass is 405 g/mol. The first-order valence-corrected chi connectivity index (χ1v) is 8.67. The maximum absolute atomic E-state index is 13.5. The van der Waals surface area contributed by atoms with E-state index in [4.69, 9.17) is 9.47 Å². The van der Waals surface area contributed by atoms with Crippen LogP contribution >= 0.6 is 0 Å². The number of nitrogens with zero attached hydrogens (tertiary/aromatic N) is 2. The Bertz CT molecular complexity index is 972. The first-order chi connectivity index (χ1) is 13.9. The van der Waals surface area contributed by atoms with Crippen LogP contribution in [0.5, 0.6) is 11.5 Å². The Labute approximate surface area is 164 Å². The van der Waals surface area contributed by atoms with E-state index in [-0.39, 0.29) is 12.2 Å². The molecule has 1 heterocycles. The van der Waals surface area contributed by atoms with Crippen LogP contribution in [0.25, 0.3) is 5.69 Å². The van der Waals surface area contributed by atoms with Gasteiger partial charge >= 0.3 is 12.3 Å². The largest absolute Gasteiger partial charge is 0.497 e. The predicted octanol–water partition coefficient (Wildman–Crippen LogP) is 4.23. The van der Waals surface area contributed by atoms with Crippen molar-refractivity contribution in [3.63, 3.8) is 0 Å². The van der Waals surface area contributed by atoms with Crippen LogP contribution in [-0.4, -0.2) is 29.5 Å². The quantitative estimate of drug-likeness (QED) is 0.667. The molecule has 0 unspecified atom stereocenters. The zero-order valence-corrected chi connectivity index (χ0v) is 15.4. The molecular formula is C20H18F3N3O3. The van der Waals surface area contributed by atoms with Crippen LogP contribution < -0.4 is 14.8 Å². The molecule has 1 aromatic heterocycles. The van der Waals surface area contributed by atoms with Gasteiger partial charge in [-0.1, -0.05) is 30.3 Å². The number of hydrogen-bond donors (Lipinski definition) is 1. The third-order valence-electron chi connectivity index (χ3n) is 4.02. The van der Waals surface area contributed by atoms with Gasteiger partial charge in [0.1, 0.15) is 5.75 Å². The molecule has 1 amide bonds. The van der Waals surface area contributed by atoms with E-state index in [1.54, 1.807) is 43.5 Å². The topological polar surface area (TPSA) is 65.4 Å². The van der Waals surface area contributed by atoms with Crippen molar-refractivity contribution in [1.29, 1.82) is 0 Å². The molecular weight excluding hydrogens is 387 g/mol. The summed E-state index contributed by atoms with van der Waals surface area (Å²) in [4.78, 5) is 12.0. The van der Waals surface area contributed by atoms with E-state index in [0.29, 0.717) is 16.9 Å². The maximum atomic E-state index is 13.5. The fraction of sp³-hybridized carbons (Fsp3) is 0.200. The average Bonchev–Trinajstić information content (AvgIpc) is 3.13. The maximum Gasteiger partial charge on any atom is 0.437 e. The van der Waals surface area contributed by atoms with E-state index in [0.717, 1.165) is 11.8 Å². The number of alkyl halides is 3. The van der Waals surface area contributed by atoms with Gasteiger partial charge in [-0.05, 0) is 36.2 Å². The predicted molar refractivity (Wildman–Crippen MR) is 99.3 cm³/mol. The third-order valence-corrected chi connectivity index (χ3v) is 4.02. The van der Waals surface area contributed by atoms with Crippen LogP contribution in [0.2, 0.25) is 0 Å². The highest BCUT2D eigenvalue weighted by Gasteiger charge is 2.40. The fourth-order valence-corrected chi connectivity index (χ4v) is 2.71. The summed E-state index contributed by atoms with van der Waals surface area (Å²) in [5.74, 6) is 0.00783. The number of methoxy groups -OCH3 is 1. The van der Waals surface area contributed by atoms with Gasteiger partial charge in [-0.15, -0.1) is 0 Å². The summed E-state index contributed by atoms with van der Waals surface area (Å²) in [5, 5.41) is 6.17. The molecule has 152 valence electrons. The van der Waals surface area contributed by atoms with Crippen molar-refractivity contribution >= 4 is 6.09 Å². The van der Waals surface area contributed by atoms with Gasteiger partial charge < -0.3 is 14.8 Å². The Morgan fingerprint density at radius 2 is 1.90 bits per heavy atom. The van der Waals surface area contributed by atoms with Crippen molar-refractivity contribution in [3.05, 3.63) is 72.1 Å². The van der Waals surface area contributed by atoms with Gasteiger partial charge in [0, 0.05) is 6.54 Å². The van der Waals surface area contributed by atoms with E-state index < -0.39 is 23.7 Å². The van der Waals surface area contributed by atoms with E-state index in [1.165, 1.54) is 12.1 Å². The van der Waals surface area contributed by atoms with Crippen LogP contribution in [0.15, 0.2) is 60.8 Å². The molecule has 0 saturated heterocycles. The molecule has 0 aliphatic carbocycles. The summed E-state index contributed by atoms with van der Waals surface area (Å²) in [6, 6.07) is 15.0. The normalized spacial score (nSPS) is 11.2. The minimum atomic E-state index is -4.76. The lowest BCUT2D eigenvalue weighted by atomic mass is 10.1. The Morgan fingerprint density at radius 1 is 1.14 bits per heavy atom. The number of ether oxygens (including phenoxy) is 2.